The number of nitrogens with one attached hydrogen (secondary N) is 1. The first kappa shape index (κ1) is 12.6. The van der Waals surface area contributed by atoms with Gasteiger partial charge in [-0.3, -0.25) is 4.90 Å². The van der Waals surface area contributed by atoms with Crippen molar-refractivity contribution in [2.24, 2.45) is 0 Å². The summed E-state index contributed by atoms with van der Waals surface area (Å²) in [7, 11) is 0. The van der Waals surface area contributed by atoms with Gasteiger partial charge in [0.25, 0.3) is 0 Å². The SMILES string of the molecule is CCCNCCN(Cc1ccccc1)C1CC1. The fraction of sp³-hybridized carbons (Fsp3) is 0.600. The van der Waals surface area contributed by atoms with Crippen molar-refractivity contribution in [3.05, 3.63) is 35.9 Å². The lowest BCUT2D eigenvalue weighted by Crippen LogP contribution is -2.33. The zero-order valence-electron chi connectivity index (χ0n) is 10.9. The van der Waals surface area contributed by atoms with Crippen molar-refractivity contribution < 1.29 is 0 Å². The molecule has 2 heteroatoms. The second-order valence-corrected chi connectivity index (χ2v) is 4.94. The highest BCUT2D eigenvalue weighted by Gasteiger charge is 2.28. The second-order valence-electron chi connectivity index (χ2n) is 4.94. The van der Waals surface area contributed by atoms with Crippen molar-refractivity contribution in [1.82, 2.24) is 10.2 Å². The van der Waals surface area contributed by atoms with Crippen molar-refractivity contribution in [1.29, 1.82) is 0 Å². The van der Waals surface area contributed by atoms with Crippen molar-refractivity contribution in [3.63, 3.8) is 0 Å². The number of benzene rings is 1. The van der Waals surface area contributed by atoms with Crippen LogP contribution in [0.5, 0.6) is 0 Å². The molecule has 94 valence electrons. The Labute approximate surface area is 105 Å². The highest BCUT2D eigenvalue weighted by atomic mass is 15.2. The molecule has 2 rings (SSSR count). The Balaban J connectivity index is 1.77. The van der Waals surface area contributed by atoms with Gasteiger partial charge < -0.3 is 5.32 Å². The van der Waals surface area contributed by atoms with E-state index >= 15 is 0 Å². The smallest absolute Gasteiger partial charge is 0.0237 e. The molecule has 0 radical (unpaired) electrons. The molecule has 1 aliphatic carbocycles. The van der Waals surface area contributed by atoms with Crippen LogP contribution in [0.25, 0.3) is 0 Å². The highest BCUT2D eigenvalue weighted by Crippen LogP contribution is 2.27. The topological polar surface area (TPSA) is 15.3 Å². The molecule has 17 heavy (non-hydrogen) atoms. The van der Waals surface area contributed by atoms with Crippen molar-refractivity contribution in [2.75, 3.05) is 19.6 Å². The van der Waals surface area contributed by atoms with Crippen LogP contribution in [0, 0.1) is 0 Å². The average molecular weight is 232 g/mol. The number of hydrogen-bond donors (Lipinski definition) is 1. The van der Waals surface area contributed by atoms with Crippen molar-refractivity contribution >= 4 is 0 Å². The Morgan fingerprint density at radius 2 is 1.94 bits per heavy atom. The monoisotopic (exact) mass is 232 g/mol. The van der Waals surface area contributed by atoms with E-state index in [9.17, 15) is 0 Å². The third kappa shape index (κ3) is 4.49. The van der Waals surface area contributed by atoms with E-state index in [2.05, 4.69) is 47.5 Å². The molecule has 1 aromatic rings. The van der Waals surface area contributed by atoms with E-state index in [0.29, 0.717) is 0 Å². The van der Waals surface area contributed by atoms with Gasteiger partial charge in [0.1, 0.15) is 0 Å². The molecule has 1 aliphatic rings. The molecular formula is C15H24N2. The van der Waals surface area contributed by atoms with Gasteiger partial charge in [-0.05, 0) is 31.4 Å². The molecule has 0 aromatic heterocycles. The quantitative estimate of drug-likeness (QED) is 0.693. The zero-order chi connectivity index (χ0) is 11.9. The van der Waals surface area contributed by atoms with E-state index in [1.807, 2.05) is 0 Å². The van der Waals surface area contributed by atoms with Crippen LogP contribution < -0.4 is 5.32 Å². The van der Waals surface area contributed by atoms with E-state index in [4.69, 9.17) is 0 Å². The summed E-state index contributed by atoms with van der Waals surface area (Å²) in [6, 6.07) is 11.7. The molecule has 0 aliphatic heterocycles. The molecule has 2 nitrogen and oxygen atoms in total. The Morgan fingerprint density at radius 1 is 1.18 bits per heavy atom. The van der Waals surface area contributed by atoms with Crippen LogP contribution in [0.1, 0.15) is 31.7 Å². The van der Waals surface area contributed by atoms with Gasteiger partial charge in [-0.1, -0.05) is 37.3 Å². The molecule has 1 fully saturated rings. The zero-order valence-corrected chi connectivity index (χ0v) is 10.9. The van der Waals surface area contributed by atoms with Gasteiger partial charge in [0.15, 0.2) is 0 Å². The largest absolute Gasteiger partial charge is 0.315 e. The fourth-order valence-electron chi connectivity index (χ4n) is 2.17. The molecule has 0 bridgehead atoms. The summed E-state index contributed by atoms with van der Waals surface area (Å²) in [5, 5.41) is 3.49. The third-order valence-corrected chi connectivity index (χ3v) is 3.29. The summed E-state index contributed by atoms with van der Waals surface area (Å²) in [4.78, 5) is 2.62. The minimum absolute atomic E-state index is 0.846. The molecule has 0 amide bonds. The Hall–Kier alpha value is -0.860. The maximum atomic E-state index is 3.49. The number of hydrogen-bond acceptors (Lipinski definition) is 2. The first-order valence-electron chi connectivity index (χ1n) is 6.89. The third-order valence-electron chi connectivity index (χ3n) is 3.29. The number of rotatable bonds is 8. The first-order valence-corrected chi connectivity index (χ1v) is 6.89. The Morgan fingerprint density at radius 3 is 2.59 bits per heavy atom. The van der Waals surface area contributed by atoms with Crippen LogP contribution in [0.4, 0.5) is 0 Å². The van der Waals surface area contributed by atoms with Crippen LogP contribution in [-0.2, 0) is 6.54 Å². The molecular weight excluding hydrogens is 208 g/mol. The van der Waals surface area contributed by atoms with Crippen LogP contribution in [0.15, 0.2) is 30.3 Å². The lowest BCUT2D eigenvalue weighted by molar-refractivity contribution is 0.254. The maximum absolute atomic E-state index is 3.49. The van der Waals surface area contributed by atoms with Crippen molar-refractivity contribution in [3.8, 4) is 0 Å². The minimum Gasteiger partial charge on any atom is -0.315 e. The molecule has 1 saturated carbocycles. The van der Waals surface area contributed by atoms with Gasteiger partial charge in [0.2, 0.25) is 0 Å². The average Bonchev–Trinajstić information content (AvgIpc) is 3.19. The van der Waals surface area contributed by atoms with Gasteiger partial charge >= 0.3 is 0 Å². The van der Waals surface area contributed by atoms with Gasteiger partial charge in [-0.2, -0.15) is 0 Å². The van der Waals surface area contributed by atoms with Gasteiger partial charge in [-0.15, -0.1) is 0 Å². The summed E-state index contributed by atoms with van der Waals surface area (Å²) in [5.74, 6) is 0. The molecule has 1 N–H and O–H groups in total. The predicted octanol–water partition coefficient (Wildman–Crippen LogP) is 2.65. The highest BCUT2D eigenvalue weighted by molar-refractivity contribution is 5.14. The predicted molar refractivity (Wildman–Crippen MR) is 73.0 cm³/mol. The minimum atomic E-state index is 0.846. The van der Waals surface area contributed by atoms with Crippen LogP contribution in [-0.4, -0.2) is 30.6 Å². The lowest BCUT2D eigenvalue weighted by atomic mass is 10.2. The van der Waals surface area contributed by atoms with E-state index in [0.717, 1.165) is 25.7 Å². The molecule has 0 spiro atoms. The van der Waals surface area contributed by atoms with E-state index < -0.39 is 0 Å². The summed E-state index contributed by atoms with van der Waals surface area (Å²) in [6.45, 7) is 6.77. The van der Waals surface area contributed by atoms with Crippen molar-refractivity contribution in [2.45, 2.75) is 38.8 Å². The van der Waals surface area contributed by atoms with Crippen LogP contribution in [0.2, 0.25) is 0 Å². The van der Waals surface area contributed by atoms with Crippen LogP contribution >= 0.6 is 0 Å². The van der Waals surface area contributed by atoms with E-state index in [1.54, 1.807) is 0 Å². The van der Waals surface area contributed by atoms with Gasteiger partial charge in [0.05, 0.1) is 0 Å². The molecule has 1 aromatic carbocycles. The van der Waals surface area contributed by atoms with E-state index in [1.165, 1.54) is 31.4 Å². The molecule has 0 unspecified atom stereocenters. The van der Waals surface area contributed by atoms with Crippen LogP contribution in [0.3, 0.4) is 0 Å². The fourth-order valence-corrected chi connectivity index (χ4v) is 2.17. The summed E-state index contributed by atoms with van der Waals surface area (Å²) in [6.07, 6.45) is 4.00. The van der Waals surface area contributed by atoms with Gasteiger partial charge in [-0.25, -0.2) is 0 Å². The summed E-state index contributed by atoms with van der Waals surface area (Å²) >= 11 is 0. The number of nitrogens with zero attached hydrogens (tertiary/aromatic N) is 1. The Kier molecular flexibility index (Phi) is 5.02. The lowest BCUT2D eigenvalue weighted by Gasteiger charge is -2.22. The van der Waals surface area contributed by atoms with Gasteiger partial charge in [0, 0.05) is 25.7 Å². The second kappa shape index (κ2) is 6.77. The molecule has 0 heterocycles. The van der Waals surface area contributed by atoms with E-state index in [-0.39, 0.29) is 0 Å². The Bertz CT molecular complexity index is 306. The normalized spacial score (nSPS) is 15.4. The molecule has 0 saturated heterocycles. The maximum Gasteiger partial charge on any atom is 0.0237 e. The first-order chi connectivity index (χ1) is 8.40. The summed E-state index contributed by atoms with van der Waals surface area (Å²) < 4.78 is 0. The molecule has 0 atom stereocenters. The summed E-state index contributed by atoms with van der Waals surface area (Å²) in [5.41, 5.74) is 1.44. The standard InChI is InChI=1S/C15H24N2/c1-2-10-16-11-12-17(15-8-9-15)13-14-6-4-3-5-7-14/h3-7,15-16H,2,8-13H2,1H3.